The van der Waals surface area contributed by atoms with Crippen molar-refractivity contribution in [3.8, 4) is 0 Å². The van der Waals surface area contributed by atoms with Crippen LogP contribution in [0.3, 0.4) is 0 Å². The van der Waals surface area contributed by atoms with Crippen LogP contribution >= 0.6 is 0 Å². The van der Waals surface area contributed by atoms with Crippen LogP contribution in [0.4, 0.5) is 4.79 Å². The largest absolute Gasteiger partial charge is 0.445 e. The third-order valence-electron chi connectivity index (χ3n) is 7.26. The monoisotopic (exact) mass is 614 g/mol. The molecule has 1 aromatic carbocycles. The molecular formula is C33H50N4O7. The van der Waals surface area contributed by atoms with Crippen molar-refractivity contribution in [3.05, 3.63) is 47.5 Å². The maximum Gasteiger partial charge on any atom is 0.408 e. The van der Waals surface area contributed by atoms with E-state index in [9.17, 15) is 24.0 Å². The Morgan fingerprint density at radius 3 is 2.18 bits per heavy atom. The van der Waals surface area contributed by atoms with Crippen LogP contribution in [0.2, 0.25) is 0 Å². The predicted molar refractivity (Wildman–Crippen MR) is 167 cm³/mol. The number of carbonyl (C=O) groups excluding carboxylic acids is 5. The van der Waals surface area contributed by atoms with E-state index >= 15 is 0 Å². The number of ether oxygens (including phenoxy) is 2. The normalized spacial score (nSPS) is 18.1. The number of ketones is 1. The number of carbonyl (C=O) groups is 5. The molecule has 11 heteroatoms. The third kappa shape index (κ3) is 12.1. The molecule has 0 bridgehead atoms. The molecule has 244 valence electrons. The number of benzene rings is 1. The molecule has 5 atom stereocenters. The zero-order valence-electron chi connectivity index (χ0n) is 27.3. The number of allylic oxidation sites excluding steroid dienone is 1. The zero-order valence-corrected chi connectivity index (χ0v) is 27.3. The number of hydrogen-bond acceptors (Lipinski definition) is 7. The van der Waals surface area contributed by atoms with Gasteiger partial charge in [0.25, 0.3) is 0 Å². The third-order valence-corrected chi connectivity index (χ3v) is 7.26. The number of Topliss-reactive ketones (excluding diaryl/α,β-unsaturated/α-hetero) is 1. The first-order valence-electron chi connectivity index (χ1n) is 15.3. The molecule has 1 aliphatic rings. The Morgan fingerprint density at radius 2 is 1.64 bits per heavy atom. The fraction of sp³-hybridized carbons (Fsp3) is 0.606. The number of nitrogens with one attached hydrogen (secondary N) is 4. The second-order valence-corrected chi connectivity index (χ2v) is 12.7. The lowest BCUT2D eigenvalue weighted by Gasteiger charge is -2.32. The van der Waals surface area contributed by atoms with Gasteiger partial charge >= 0.3 is 6.09 Å². The second-order valence-electron chi connectivity index (χ2n) is 12.7. The van der Waals surface area contributed by atoms with Gasteiger partial charge in [0.15, 0.2) is 5.78 Å². The number of rotatable bonds is 15. The molecule has 0 radical (unpaired) electrons. The maximum atomic E-state index is 13.7. The van der Waals surface area contributed by atoms with Gasteiger partial charge in [-0.25, -0.2) is 4.79 Å². The van der Waals surface area contributed by atoms with E-state index in [1.165, 1.54) is 0 Å². The molecule has 1 aromatic rings. The minimum absolute atomic E-state index is 0.00332. The average molecular weight is 615 g/mol. The van der Waals surface area contributed by atoms with Crippen molar-refractivity contribution in [2.45, 2.75) is 111 Å². The second kappa shape index (κ2) is 16.9. The first-order valence-corrected chi connectivity index (χ1v) is 15.3. The van der Waals surface area contributed by atoms with Crippen molar-refractivity contribution in [2.24, 2.45) is 11.8 Å². The molecule has 0 saturated carbocycles. The van der Waals surface area contributed by atoms with Gasteiger partial charge in [-0.3, -0.25) is 19.2 Å². The van der Waals surface area contributed by atoms with Crippen LogP contribution in [0, 0.1) is 11.8 Å². The molecule has 0 spiro atoms. The van der Waals surface area contributed by atoms with Gasteiger partial charge in [0, 0.05) is 12.5 Å². The molecule has 1 unspecified atom stereocenters. The van der Waals surface area contributed by atoms with E-state index in [1.807, 2.05) is 65.0 Å². The fourth-order valence-electron chi connectivity index (χ4n) is 4.95. The SMILES string of the molecule is CC=C(C)C(=O)[C@H](C[C@@H]1CCNC1=O)NC(=O)[C@H](CC(C)C)NC(=O)[C@@H](NC(=O)OCc1ccccc1)C(C)OC(C)(C)C. The number of amides is 4. The van der Waals surface area contributed by atoms with Gasteiger partial charge in [-0.2, -0.15) is 0 Å². The maximum absolute atomic E-state index is 13.7. The molecule has 1 saturated heterocycles. The van der Waals surface area contributed by atoms with Crippen LogP contribution in [0.25, 0.3) is 0 Å². The Labute approximate surface area is 261 Å². The average Bonchev–Trinajstić information content (AvgIpc) is 3.36. The van der Waals surface area contributed by atoms with Crippen LogP contribution in [-0.2, 0) is 35.3 Å². The summed E-state index contributed by atoms with van der Waals surface area (Å²) in [4.78, 5) is 65.6. The summed E-state index contributed by atoms with van der Waals surface area (Å²) in [6.45, 7) is 14.9. The molecule has 2 rings (SSSR count). The minimum atomic E-state index is -1.19. The van der Waals surface area contributed by atoms with Crippen molar-refractivity contribution in [1.29, 1.82) is 0 Å². The Bertz CT molecular complexity index is 1180. The molecule has 4 amide bonds. The lowest BCUT2D eigenvalue weighted by Crippen LogP contribution is -2.59. The highest BCUT2D eigenvalue weighted by Gasteiger charge is 2.36. The summed E-state index contributed by atoms with van der Waals surface area (Å²) in [5, 5.41) is 11.0. The first kappa shape index (κ1) is 36.5. The Morgan fingerprint density at radius 1 is 1.00 bits per heavy atom. The Kier molecular flexibility index (Phi) is 14.0. The predicted octanol–water partition coefficient (Wildman–Crippen LogP) is 3.56. The molecule has 1 aliphatic heterocycles. The fourth-order valence-corrected chi connectivity index (χ4v) is 4.95. The lowest BCUT2D eigenvalue weighted by molar-refractivity contribution is -0.136. The quantitative estimate of drug-likeness (QED) is 0.221. The van der Waals surface area contributed by atoms with Gasteiger partial charge < -0.3 is 30.7 Å². The Hall–Kier alpha value is -3.73. The van der Waals surface area contributed by atoms with Gasteiger partial charge in [-0.05, 0) is 77.9 Å². The van der Waals surface area contributed by atoms with E-state index < -0.39 is 53.7 Å². The highest BCUT2D eigenvalue weighted by molar-refractivity contribution is 6.02. The first-order chi connectivity index (χ1) is 20.6. The Balaban J connectivity index is 2.25. The number of alkyl carbamates (subject to hydrolysis) is 1. The summed E-state index contributed by atoms with van der Waals surface area (Å²) in [7, 11) is 0. The molecule has 0 aliphatic carbocycles. The molecule has 1 fully saturated rings. The molecule has 11 nitrogen and oxygen atoms in total. The molecule has 0 aromatic heterocycles. The topological polar surface area (TPSA) is 152 Å². The number of hydrogen-bond donors (Lipinski definition) is 4. The summed E-state index contributed by atoms with van der Waals surface area (Å²) >= 11 is 0. The standard InChI is InChI=1S/C33H50N4O7/c1-9-21(4)28(38)25(18-24-15-16-34-29(24)39)35-30(40)26(17-20(2)3)36-31(41)27(22(5)44-33(6,7)8)37-32(42)43-19-23-13-11-10-12-14-23/h9-14,20,22,24-27H,15-19H2,1-8H3,(H,34,39)(H,35,40)(H,36,41)(H,37,42)/t22?,24-,25-,26-,27-/m0/s1. The van der Waals surface area contributed by atoms with Crippen LogP contribution in [-0.4, -0.2) is 66.0 Å². The van der Waals surface area contributed by atoms with Crippen LogP contribution in [0.15, 0.2) is 42.0 Å². The van der Waals surface area contributed by atoms with Crippen molar-refractivity contribution < 1.29 is 33.4 Å². The van der Waals surface area contributed by atoms with E-state index in [-0.39, 0.29) is 37.1 Å². The van der Waals surface area contributed by atoms with Gasteiger partial charge in [-0.15, -0.1) is 0 Å². The molecule has 1 heterocycles. The van der Waals surface area contributed by atoms with Crippen molar-refractivity contribution in [2.75, 3.05) is 6.54 Å². The van der Waals surface area contributed by atoms with Crippen LogP contribution in [0.5, 0.6) is 0 Å². The van der Waals surface area contributed by atoms with E-state index in [2.05, 4.69) is 21.3 Å². The van der Waals surface area contributed by atoms with E-state index in [0.29, 0.717) is 18.5 Å². The van der Waals surface area contributed by atoms with Crippen LogP contribution < -0.4 is 21.3 Å². The molecule has 44 heavy (non-hydrogen) atoms. The molecule has 4 N–H and O–H groups in total. The smallest absolute Gasteiger partial charge is 0.408 e. The van der Waals surface area contributed by atoms with Crippen molar-refractivity contribution in [1.82, 2.24) is 21.3 Å². The van der Waals surface area contributed by atoms with Crippen LogP contribution in [0.1, 0.15) is 80.2 Å². The van der Waals surface area contributed by atoms with Gasteiger partial charge in [0.2, 0.25) is 17.7 Å². The van der Waals surface area contributed by atoms with Gasteiger partial charge in [0.1, 0.15) is 18.7 Å². The minimum Gasteiger partial charge on any atom is -0.445 e. The van der Waals surface area contributed by atoms with Gasteiger partial charge in [0.05, 0.1) is 17.7 Å². The summed E-state index contributed by atoms with van der Waals surface area (Å²) in [6.07, 6.45) is 1.05. The molecular weight excluding hydrogens is 564 g/mol. The zero-order chi connectivity index (χ0) is 33.0. The highest BCUT2D eigenvalue weighted by atomic mass is 16.6. The van der Waals surface area contributed by atoms with Crippen molar-refractivity contribution in [3.63, 3.8) is 0 Å². The lowest BCUT2D eigenvalue weighted by atomic mass is 9.92. The summed E-state index contributed by atoms with van der Waals surface area (Å²) in [5.41, 5.74) is 0.612. The highest BCUT2D eigenvalue weighted by Crippen LogP contribution is 2.19. The summed E-state index contributed by atoms with van der Waals surface area (Å²) in [6, 6.07) is 5.98. The summed E-state index contributed by atoms with van der Waals surface area (Å²) in [5.74, 6) is -2.03. The summed E-state index contributed by atoms with van der Waals surface area (Å²) < 4.78 is 11.4. The van der Waals surface area contributed by atoms with Gasteiger partial charge in [-0.1, -0.05) is 50.3 Å². The van der Waals surface area contributed by atoms with E-state index in [4.69, 9.17) is 9.47 Å². The van der Waals surface area contributed by atoms with E-state index in [0.717, 1.165) is 5.56 Å². The van der Waals surface area contributed by atoms with Crippen molar-refractivity contribution >= 4 is 29.6 Å². The van der Waals surface area contributed by atoms with E-state index in [1.54, 1.807) is 26.8 Å².